The minimum Gasteiger partial charge on any atom is -0.384 e. The van der Waals surface area contributed by atoms with E-state index in [9.17, 15) is 0 Å². The Morgan fingerprint density at radius 2 is 1.62 bits per heavy atom. The molecule has 0 atom stereocenters. The fraction of sp³-hybridized carbons (Fsp3) is 0.750. The van der Waals surface area contributed by atoms with E-state index < -0.39 is 0 Å². The summed E-state index contributed by atoms with van der Waals surface area (Å²) in [6.45, 7) is 11.6. The largest absolute Gasteiger partial charge is 0.593 e. The van der Waals surface area contributed by atoms with Gasteiger partial charge in [-0.3, -0.25) is 0 Å². The van der Waals surface area contributed by atoms with E-state index in [0.29, 0.717) is 0 Å². The number of hydrogen-bond acceptors (Lipinski definition) is 4. The number of piperidine rings is 1. The van der Waals surface area contributed by atoms with E-state index in [1.54, 1.807) is 0 Å². The first-order valence-electron chi connectivity index (χ1n) is 8.14. The summed E-state index contributed by atoms with van der Waals surface area (Å²) in [7, 11) is -0.287. The van der Waals surface area contributed by atoms with E-state index in [-0.39, 0.29) is 18.5 Å². The second kappa shape index (κ2) is 5.36. The lowest BCUT2D eigenvalue weighted by atomic mass is 9.90. The van der Waals surface area contributed by atoms with E-state index in [0.717, 1.165) is 6.54 Å². The zero-order chi connectivity index (χ0) is 15.1. The van der Waals surface area contributed by atoms with E-state index in [4.69, 9.17) is 9.31 Å². The minimum absolute atomic E-state index is 0.275. The van der Waals surface area contributed by atoms with Crippen LogP contribution in [0.25, 0.3) is 0 Å². The second-order valence-corrected chi connectivity index (χ2v) is 7.25. The lowest BCUT2D eigenvalue weighted by Gasteiger charge is -2.33. The van der Waals surface area contributed by atoms with E-state index >= 15 is 0 Å². The molecule has 0 saturated carbocycles. The van der Waals surface area contributed by atoms with E-state index in [1.165, 1.54) is 38.0 Å². The number of likely N-dealkylation sites (tertiary alicyclic amines) is 1. The average molecular weight is 290 g/mol. The highest BCUT2D eigenvalue weighted by molar-refractivity contribution is 6.42. The molecular weight excluding hydrogens is 263 g/mol. The molecule has 0 aromatic heterocycles. The average Bonchev–Trinajstić information content (AvgIpc) is 2.69. The van der Waals surface area contributed by atoms with Crippen LogP contribution >= 0.6 is 0 Å². The van der Waals surface area contributed by atoms with Crippen molar-refractivity contribution in [1.82, 2.24) is 9.71 Å². The predicted octanol–water partition coefficient (Wildman–Crippen LogP) is 2.77. The molecule has 2 fully saturated rings. The summed E-state index contributed by atoms with van der Waals surface area (Å²) in [6, 6.07) is 0. The van der Waals surface area contributed by atoms with E-state index in [1.807, 2.05) is 0 Å². The highest BCUT2D eigenvalue weighted by Crippen LogP contribution is 2.38. The molecule has 0 aliphatic carbocycles. The van der Waals surface area contributed by atoms with Crippen molar-refractivity contribution in [3.05, 3.63) is 24.0 Å². The van der Waals surface area contributed by atoms with Crippen molar-refractivity contribution in [2.75, 3.05) is 19.6 Å². The van der Waals surface area contributed by atoms with Gasteiger partial charge in [0.2, 0.25) is 0 Å². The zero-order valence-corrected chi connectivity index (χ0v) is 13.8. The van der Waals surface area contributed by atoms with Crippen LogP contribution in [-0.2, 0) is 9.31 Å². The maximum atomic E-state index is 6.09. The van der Waals surface area contributed by atoms with Crippen molar-refractivity contribution in [3.63, 3.8) is 0 Å². The van der Waals surface area contributed by atoms with Gasteiger partial charge >= 0.3 is 7.25 Å². The Hall–Kier alpha value is -0.935. The molecule has 3 aliphatic rings. The Kier molecular flexibility index (Phi) is 3.82. The Bertz CT molecular complexity index is 437. The van der Waals surface area contributed by atoms with Gasteiger partial charge in [0.1, 0.15) is 0 Å². The van der Waals surface area contributed by atoms with Gasteiger partial charge in [-0.2, -0.15) is 0 Å². The first-order chi connectivity index (χ1) is 9.89. The standard InChI is InChI=1S/C16H27BN2O2/c1-15(2)16(3,4)21-17(20-15)19-12-8-14(9-13-19)18-10-6-5-7-11-18/h8-9,12H,5-7,10-11,13H2,1-4H3. The zero-order valence-electron chi connectivity index (χ0n) is 13.8. The first-order valence-corrected chi connectivity index (χ1v) is 8.14. The third-order valence-corrected chi connectivity index (χ3v) is 5.18. The van der Waals surface area contributed by atoms with Gasteiger partial charge in [-0.15, -0.1) is 0 Å². The topological polar surface area (TPSA) is 24.9 Å². The lowest BCUT2D eigenvalue weighted by Crippen LogP contribution is -2.41. The molecule has 0 bridgehead atoms. The molecule has 4 nitrogen and oxygen atoms in total. The SMILES string of the molecule is CC1(C)OB(N2C=CC(N3CCCCC3)=CC2)OC1(C)C. The van der Waals surface area contributed by atoms with Gasteiger partial charge in [0.25, 0.3) is 0 Å². The number of allylic oxidation sites excluding steroid dienone is 1. The summed E-state index contributed by atoms with van der Waals surface area (Å²) < 4.78 is 12.2. The molecule has 3 aliphatic heterocycles. The Labute approximate surface area is 128 Å². The Morgan fingerprint density at radius 3 is 2.14 bits per heavy atom. The highest BCUT2D eigenvalue weighted by atomic mass is 16.7. The summed E-state index contributed by atoms with van der Waals surface area (Å²) in [5.41, 5.74) is 0.799. The quantitative estimate of drug-likeness (QED) is 0.730. The van der Waals surface area contributed by atoms with Crippen LogP contribution in [0.1, 0.15) is 47.0 Å². The fourth-order valence-electron chi connectivity index (χ4n) is 2.99. The molecule has 0 aromatic rings. The van der Waals surface area contributed by atoms with Crippen LogP contribution in [0.3, 0.4) is 0 Å². The molecule has 0 unspecified atom stereocenters. The highest BCUT2D eigenvalue weighted by Gasteiger charge is 2.53. The maximum absolute atomic E-state index is 6.09. The Morgan fingerprint density at radius 1 is 1.00 bits per heavy atom. The normalized spacial score (nSPS) is 28.0. The number of rotatable bonds is 2. The summed E-state index contributed by atoms with van der Waals surface area (Å²) in [4.78, 5) is 4.62. The molecule has 116 valence electrons. The third-order valence-electron chi connectivity index (χ3n) is 5.18. The molecule has 3 rings (SSSR count). The summed E-state index contributed by atoms with van der Waals surface area (Å²) in [5.74, 6) is 0. The summed E-state index contributed by atoms with van der Waals surface area (Å²) in [6.07, 6.45) is 10.6. The van der Waals surface area contributed by atoms with Crippen molar-refractivity contribution in [1.29, 1.82) is 0 Å². The summed E-state index contributed by atoms with van der Waals surface area (Å²) >= 11 is 0. The smallest absolute Gasteiger partial charge is 0.384 e. The molecule has 0 N–H and O–H groups in total. The molecule has 5 heteroatoms. The van der Waals surface area contributed by atoms with Gasteiger partial charge in [0.15, 0.2) is 0 Å². The van der Waals surface area contributed by atoms with Crippen molar-refractivity contribution >= 4 is 7.25 Å². The van der Waals surface area contributed by atoms with Crippen LogP contribution in [-0.4, -0.2) is 47.8 Å². The van der Waals surface area contributed by atoms with Gasteiger partial charge in [-0.25, -0.2) is 0 Å². The van der Waals surface area contributed by atoms with Crippen LogP contribution in [0.2, 0.25) is 0 Å². The first kappa shape index (κ1) is 15.0. The lowest BCUT2D eigenvalue weighted by molar-refractivity contribution is 0.00578. The molecule has 3 heterocycles. The molecule has 21 heavy (non-hydrogen) atoms. The summed E-state index contributed by atoms with van der Waals surface area (Å²) in [5, 5.41) is 0. The predicted molar refractivity (Wildman–Crippen MR) is 85.4 cm³/mol. The van der Waals surface area contributed by atoms with Crippen LogP contribution in [0.5, 0.6) is 0 Å². The van der Waals surface area contributed by atoms with Crippen molar-refractivity contribution < 1.29 is 9.31 Å². The third kappa shape index (κ3) is 2.86. The molecule has 0 aromatic carbocycles. The minimum atomic E-state index is -0.287. The molecule has 0 spiro atoms. The van der Waals surface area contributed by atoms with Crippen LogP contribution in [0.4, 0.5) is 0 Å². The second-order valence-electron chi connectivity index (χ2n) is 7.25. The van der Waals surface area contributed by atoms with Crippen LogP contribution in [0.15, 0.2) is 24.0 Å². The molecule has 2 saturated heterocycles. The van der Waals surface area contributed by atoms with Gasteiger partial charge < -0.3 is 19.0 Å². The maximum Gasteiger partial charge on any atom is 0.593 e. The van der Waals surface area contributed by atoms with Gasteiger partial charge in [0, 0.05) is 25.3 Å². The van der Waals surface area contributed by atoms with E-state index in [2.05, 4.69) is 55.8 Å². The Balaban J connectivity index is 1.62. The van der Waals surface area contributed by atoms with Crippen molar-refractivity contribution in [3.8, 4) is 0 Å². The molecule has 0 radical (unpaired) electrons. The molecular formula is C16H27BN2O2. The number of nitrogens with zero attached hydrogens (tertiary/aromatic N) is 2. The number of hydrogen-bond donors (Lipinski definition) is 0. The monoisotopic (exact) mass is 290 g/mol. The van der Waals surface area contributed by atoms with Crippen LogP contribution < -0.4 is 0 Å². The van der Waals surface area contributed by atoms with Crippen LogP contribution in [0, 0.1) is 0 Å². The fourth-order valence-corrected chi connectivity index (χ4v) is 2.99. The molecule has 0 amide bonds. The van der Waals surface area contributed by atoms with Gasteiger partial charge in [-0.1, -0.05) is 0 Å². The van der Waals surface area contributed by atoms with Gasteiger partial charge in [0.05, 0.1) is 11.2 Å². The van der Waals surface area contributed by atoms with Crippen molar-refractivity contribution in [2.24, 2.45) is 0 Å². The van der Waals surface area contributed by atoms with Gasteiger partial charge in [-0.05, 0) is 65.3 Å². The van der Waals surface area contributed by atoms with Crippen molar-refractivity contribution in [2.45, 2.75) is 58.2 Å².